The van der Waals surface area contributed by atoms with E-state index in [4.69, 9.17) is 0 Å². The fourth-order valence-corrected chi connectivity index (χ4v) is 2.43. The monoisotopic (exact) mass is 251 g/mol. The zero-order valence-corrected chi connectivity index (χ0v) is 10.5. The molecule has 0 aromatic heterocycles. The highest BCUT2D eigenvalue weighted by atomic mass is 19.1. The number of likely N-dealkylation sites (tertiary alicyclic amines) is 1. The van der Waals surface area contributed by atoms with Crippen molar-refractivity contribution < 1.29 is 14.3 Å². The number of phenolic OH excluding ortho intramolecular Hbond substituents is 1. The Morgan fingerprint density at radius 2 is 2.11 bits per heavy atom. The van der Waals surface area contributed by atoms with Crippen molar-refractivity contribution in [2.45, 2.75) is 26.2 Å². The molecular weight excluding hydrogens is 233 g/mol. The topological polar surface area (TPSA) is 40.5 Å². The average molecular weight is 251 g/mol. The molecule has 0 atom stereocenters. The van der Waals surface area contributed by atoms with Crippen molar-refractivity contribution in [3.63, 3.8) is 0 Å². The van der Waals surface area contributed by atoms with Crippen molar-refractivity contribution in [2.75, 3.05) is 13.1 Å². The fraction of sp³-hybridized carbons (Fsp3) is 0.500. The number of rotatable bonds is 2. The lowest BCUT2D eigenvalue weighted by molar-refractivity contribution is 0.0681. The number of phenols is 1. The van der Waals surface area contributed by atoms with Crippen molar-refractivity contribution in [2.24, 2.45) is 5.92 Å². The molecule has 0 unspecified atom stereocenters. The summed E-state index contributed by atoms with van der Waals surface area (Å²) in [5.41, 5.74) is -0.201. The molecule has 0 aliphatic carbocycles. The van der Waals surface area contributed by atoms with E-state index in [0.29, 0.717) is 19.0 Å². The van der Waals surface area contributed by atoms with Crippen LogP contribution in [0.1, 0.15) is 36.5 Å². The van der Waals surface area contributed by atoms with Crippen LogP contribution in [0.15, 0.2) is 18.2 Å². The lowest BCUT2D eigenvalue weighted by Gasteiger charge is -2.31. The summed E-state index contributed by atoms with van der Waals surface area (Å²) in [5.74, 6) is -0.682. The molecule has 1 aliphatic heterocycles. The molecule has 0 radical (unpaired) electrons. The van der Waals surface area contributed by atoms with Gasteiger partial charge in [0.05, 0.1) is 0 Å². The zero-order valence-electron chi connectivity index (χ0n) is 10.5. The summed E-state index contributed by atoms with van der Waals surface area (Å²) in [4.78, 5) is 13.8. The second-order valence-corrected chi connectivity index (χ2v) is 4.78. The summed E-state index contributed by atoms with van der Waals surface area (Å²) >= 11 is 0. The van der Waals surface area contributed by atoms with Gasteiger partial charge in [0.25, 0.3) is 5.91 Å². The van der Waals surface area contributed by atoms with Crippen LogP contribution in [-0.2, 0) is 0 Å². The number of piperidine rings is 1. The highest BCUT2D eigenvalue weighted by Gasteiger charge is 2.26. The Balaban J connectivity index is 2.13. The predicted octanol–water partition coefficient (Wildman–Crippen LogP) is 2.79. The third-order valence-electron chi connectivity index (χ3n) is 3.68. The molecule has 4 heteroatoms. The highest BCUT2D eigenvalue weighted by Crippen LogP contribution is 2.25. The van der Waals surface area contributed by atoms with Gasteiger partial charge in [0, 0.05) is 13.1 Å². The minimum absolute atomic E-state index is 0.201. The lowest BCUT2D eigenvalue weighted by Crippen LogP contribution is -2.38. The first kappa shape index (κ1) is 12.9. The number of carbonyl (C=O) groups excluding carboxylic acids is 1. The molecular formula is C14H18FNO2. The number of aromatic hydroxyl groups is 1. The SMILES string of the molecule is CCC1CCN(C(=O)c2c(O)cccc2F)CC1. The second kappa shape index (κ2) is 5.38. The standard InChI is InChI=1S/C14H18FNO2/c1-2-10-6-8-16(9-7-10)14(18)13-11(15)4-3-5-12(13)17/h3-5,10,17H,2,6-9H2,1H3. The number of hydrogen-bond acceptors (Lipinski definition) is 2. The van der Waals surface area contributed by atoms with E-state index < -0.39 is 11.7 Å². The molecule has 3 nitrogen and oxygen atoms in total. The smallest absolute Gasteiger partial charge is 0.260 e. The van der Waals surface area contributed by atoms with Gasteiger partial charge in [-0.15, -0.1) is 0 Å². The van der Waals surface area contributed by atoms with Crippen LogP contribution >= 0.6 is 0 Å². The summed E-state index contributed by atoms with van der Waals surface area (Å²) in [5, 5.41) is 9.60. The number of halogens is 1. The number of benzene rings is 1. The van der Waals surface area contributed by atoms with Crippen LogP contribution in [0.3, 0.4) is 0 Å². The maximum absolute atomic E-state index is 13.6. The summed E-state index contributed by atoms with van der Waals surface area (Å²) in [6, 6.07) is 3.94. The van der Waals surface area contributed by atoms with E-state index in [1.807, 2.05) is 0 Å². The maximum Gasteiger partial charge on any atom is 0.260 e. The quantitative estimate of drug-likeness (QED) is 0.878. The van der Waals surface area contributed by atoms with E-state index in [-0.39, 0.29) is 11.3 Å². The first-order valence-corrected chi connectivity index (χ1v) is 6.40. The largest absolute Gasteiger partial charge is 0.507 e. The Bertz CT molecular complexity index is 419. The van der Waals surface area contributed by atoms with Gasteiger partial charge in [-0.2, -0.15) is 0 Å². The van der Waals surface area contributed by atoms with E-state index in [1.165, 1.54) is 18.2 Å². The molecule has 2 rings (SSSR count). The molecule has 1 N–H and O–H groups in total. The molecule has 1 heterocycles. The van der Waals surface area contributed by atoms with Gasteiger partial charge >= 0.3 is 0 Å². The lowest BCUT2D eigenvalue weighted by atomic mass is 9.94. The Morgan fingerprint density at radius 1 is 1.44 bits per heavy atom. The van der Waals surface area contributed by atoms with Gasteiger partial charge in [-0.3, -0.25) is 4.79 Å². The molecule has 1 aliphatic rings. The third kappa shape index (κ3) is 2.47. The Kier molecular flexibility index (Phi) is 3.84. The van der Waals surface area contributed by atoms with Crippen molar-refractivity contribution in [1.29, 1.82) is 0 Å². The van der Waals surface area contributed by atoms with Crippen LogP contribution in [0.5, 0.6) is 5.75 Å². The first-order valence-electron chi connectivity index (χ1n) is 6.40. The van der Waals surface area contributed by atoms with Crippen LogP contribution in [0.2, 0.25) is 0 Å². The minimum Gasteiger partial charge on any atom is -0.507 e. The van der Waals surface area contributed by atoms with Crippen molar-refractivity contribution >= 4 is 5.91 Å². The van der Waals surface area contributed by atoms with E-state index >= 15 is 0 Å². The molecule has 1 amide bonds. The van der Waals surface area contributed by atoms with Crippen LogP contribution < -0.4 is 0 Å². The predicted molar refractivity (Wildman–Crippen MR) is 67.0 cm³/mol. The van der Waals surface area contributed by atoms with E-state index in [2.05, 4.69) is 6.92 Å². The second-order valence-electron chi connectivity index (χ2n) is 4.78. The van der Waals surface area contributed by atoms with Gasteiger partial charge in [-0.05, 0) is 30.9 Å². The molecule has 1 fully saturated rings. The van der Waals surface area contributed by atoms with Crippen LogP contribution in [-0.4, -0.2) is 29.0 Å². The third-order valence-corrected chi connectivity index (χ3v) is 3.68. The maximum atomic E-state index is 13.6. The zero-order chi connectivity index (χ0) is 13.1. The molecule has 1 aromatic rings. The van der Waals surface area contributed by atoms with Gasteiger partial charge < -0.3 is 10.0 Å². The Hall–Kier alpha value is -1.58. The highest BCUT2D eigenvalue weighted by molar-refractivity contribution is 5.97. The van der Waals surface area contributed by atoms with Crippen molar-refractivity contribution in [3.8, 4) is 5.75 Å². The van der Waals surface area contributed by atoms with Gasteiger partial charge in [0.1, 0.15) is 17.1 Å². The van der Waals surface area contributed by atoms with Crippen molar-refractivity contribution in [1.82, 2.24) is 4.90 Å². The van der Waals surface area contributed by atoms with E-state index in [9.17, 15) is 14.3 Å². The fourth-order valence-electron chi connectivity index (χ4n) is 2.43. The molecule has 1 saturated heterocycles. The van der Waals surface area contributed by atoms with E-state index in [1.54, 1.807) is 4.90 Å². The minimum atomic E-state index is -0.655. The number of carbonyl (C=O) groups is 1. The normalized spacial score (nSPS) is 16.9. The van der Waals surface area contributed by atoms with Crippen molar-refractivity contribution in [3.05, 3.63) is 29.6 Å². The summed E-state index contributed by atoms with van der Waals surface area (Å²) in [6.45, 7) is 3.43. The summed E-state index contributed by atoms with van der Waals surface area (Å²) in [6.07, 6.45) is 3.03. The number of amides is 1. The molecule has 98 valence electrons. The van der Waals surface area contributed by atoms with E-state index in [0.717, 1.165) is 19.3 Å². The first-order chi connectivity index (χ1) is 8.63. The Labute approximate surface area is 106 Å². The van der Waals surface area contributed by atoms with Gasteiger partial charge in [-0.1, -0.05) is 19.4 Å². The molecule has 0 spiro atoms. The van der Waals surface area contributed by atoms with Gasteiger partial charge in [0.15, 0.2) is 0 Å². The number of hydrogen-bond donors (Lipinski definition) is 1. The Morgan fingerprint density at radius 3 is 2.67 bits per heavy atom. The van der Waals surface area contributed by atoms with Crippen LogP contribution in [0.25, 0.3) is 0 Å². The van der Waals surface area contributed by atoms with Crippen LogP contribution in [0.4, 0.5) is 4.39 Å². The molecule has 0 bridgehead atoms. The molecule has 0 saturated carbocycles. The summed E-state index contributed by atoms with van der Waals surface area (Å²) < 4.78 is 13.6. The average Bonchev–Trinajstić information content (AvgIpc) is 2.38. The number of nitrogens with zero attached hydrogens (tertiary/aromatic N) is 1. The molecule has 1 aromatic carbocycles. The van der Waals surface area contributed by atoms with Gasteiger partial charge in [0.2, 0.25) is 0 Å². The van der Waals surface area contributed by atoms with Gasteiger partial charge in [-0.25, -0.2) is 4.39 Å². The van der Waals surface area contributed by atoms with Crippen LogP contribution in [0, 0.1) is 11.7 Å². The molecule has 18 heavy (non-hydrogen) atoms. The summed E-state index contributed by atoms with van der Waals surface area (Å²) in [7, 11) is 0.